The van der Waals surface area contributed by atoms with E-state index in [9.17, 15) is 0 Å². The number of rotatable bonds is 7. The Morgan fingerprint density at radius 2 is 0.896 bits per heavy atom. The van der Waals surface area contributed by atoms with Gasteiger partial charge < -0.3 is 9.47 Å². The van der Waals surface area contributed by atoms with Crippen LogP contribution in [-0.4, -0.2) is 4.57 Å². The van der Waals surface area contributed by atoms with Crippen LogP contribution in [0, 0.1) is 0 Å². The zero-order valence-corrected chi connectivity index (χ0v) is 37.5. The van der Waals surface area contributed by atoms with Crippen molar-refractivity contribution in [3.8, 4) is 50.2 Å². The summed E-state index contributed by atoms with van der Waals surface area (Å²) in [6.07, 6.45) is 0. The molecule has 2 nitrogen and oxygen atoms in total. The van der Waals surface area contributed by atoms with E-state index in [0.717, 1.165) is 28.3 Å². The third-order valence-corrected chi connectivity index (χ3v) is 14.4. The molecule has 316 valence electrons. The van der Waals surface area contributed by atoms with Gasteiger partial charge in [0.15, 0.2) is 0 Å². The molecule has 0 aliphatic heterocycles. The van der Waals surface area contributed by atoms with Crippen molar-refractivity contribution in [2.45, 2.75) is 19.3 Å². The van der Waals surface area contributed by atoms with Crippen molar-refractivity contribution >= 4 is 60.4 Å². The van der Waals surface area contributed by atoms with Gasteiger partial charge in [-0.1, -0.05) is 190 Å². The van der Waals surface area contributed by atoms with Crippen LogP contribution in [0.1, 0.15) is 25.0 Å². The van der Waals surface area contributed by atoms with Crippen molar-refractivity contribution in [1.29, 1.82) is 0 Å². The SMILES string of the molecule is CC1(C)c2ccccc2-c2cc(-c3ccc(N(c4ccc(-c5cccc6c5ccc5ccccc56)cc4)c4cccc(-c5ccc6c7ccccc7n(-c7ccccc7)c6c5)c4)cc3)ccc21. The molecule has 11 aromatic carbocycles. The smallest absolute Gasteiger partial charge is 0.0547 e. The minimum atomic E-state index is -0.0209. The summed E-state index contributed by atoms with van der Waals surface area (Å²) >= 11 is 0. The Morgan fingerprint density at radius 1 is 0.313 bits per heavy atom. The minimum absolute atomic E-state index is 0.0209. The second-order valence-corrected chi connectivity index (χ2v) is 18.5. The highest BCUT2D eigenvalue weighted by atomic mass is 15.1. The van der Waals surface area contributed by atoms with Gasteiger partial charge in [0.2, 0.25) is 0 Å². The Balaban J connectivity index is 0.922. The Hall–Kier alpha value is -8.46. The molecule has 0 N–H and O–H groups in total. The highest BCUT2D eigenvalue weighted by Crippen LogP contribution is 2.50. The van der Waals surface area contributed by atoms with Crippen LogP contribution in [0.3, 0.4) is 0 Å². The van der Waals surface area contributed by atoms with E-state index >= 15 is 0 Å². The van der Waals surface area contributed by atoms with Crippen molar-refractivity contribution < 1.29 is 0 Å². The summed E-state index contributed by atoms with van der Waals surface area (Å²) in [6, 6.07) is 89.4. The van der Waals surface area contributed by atoms with Gasteiger partial charge in [0.1, 0.15) is 0 Å². The fourth-order valence-electron chi connectivity index (χ4n) is 11.1. The highest BCUT2D eigenvalue weighted by Gasteiger charge is 2.35. The molecule has 12 aromatic rings. The lowest BCUT2D eigenvalue weighted by Crippen LogP contribution is -2.14. The minimum Gasteiger partial charge on any atom is -0.310 e. The Labute approximate surface area is 391 Å². The van der Waals surface area contributed by atoms with Gasteiger partial charge >= 0.3 is 0 Å². The fourth-order valence-corrected chi connectivity index (χ4v) is 11.1. The third-order valence-electron chi connectivity index (χ3n) is 14.4. The molecule has 13 rings (SSSR count). The molecule has 0 saturated carbocycles. The number of hydrogen-bond acceptors (Lipinski definition) is 1. The van der Waals surface area contributed by atoms with Crippen LogP contribution >= 0.6 is 0 Å². The molecule has 0 saturated heterocycles. The maximum Gasteiger partial charge on any atom is 0.0547 e. The van der Waals surface area contributed by atoms with Gasteiger partial charge in [-0.25, -0.2) is 0 Å². The summed E-state index contributed by atoms with van der Waals surface area (Å²) in [5, 5.41) is 7.58. The average Bonchev–Trinajstić information content (AvgIpc) is 3.84. The summed E-state index contributed by atoms with van der Waals surface area (Å²) in [7, 11) is 0. The number of anilines is 3. The van der Waals surface area contributed by atoms with Gasteiger partial charge in [0, 0.05) is 38.9 Å². The molecule has 2 heteroatoms. The summed E-state index contributed by atoms with van der Waals surface area (Å²) < 4.78 is 2.40. The summed E-state index contributed by atoms with van der Waals surface area (Å²) in [5.74, 6) is 0. The summed E-state index contributed by atoms with van der Waals surface area (Å²) in [6.45, 7) is 4.68. The van der Waals surface area contributed by atoms with E-state index in [2.05, 4.69) is 266 Å². The number of para-hydroxylation sites is 2. The fraction of sp³-hybridized carbons (Fsp3) is 0.0462. The monoisotopic (exact) mass is 854 g/mol. The largest absolute Gasteiger partial charge is 0.310 e. The van der Waals surface area contributed by atoms with Crippen molar-refractivity contribution in [2.24, 2.45) is 0 Å². The van der Waals surface area contributed by atoms with E-state index in [1.165, 1.54) is 93.4 Å². The molecular weight excluding hydrogens is 809 g/mol. The number of aromatic nitrogens is 1. The van der Waals surface area contributed by atoms with Gasteiger partial charge in [-0.15, -0.1) is 0 Å². The van der Waals surface area contributed by atoms with E-state index in [-0.39, 0.29) is 5.41 Å². The molecule has 0 spiro atoms. The quantitative estimate of drug-likeness (QED) is 0.145. The van der Waals surface area contributed by atoms with Crippen LogP contribution in [0.5, 0.6) is 0 Å². The molecular formula is C65H46N2. The van der Waals surface area contributed by atoms with Crippen molar-refractivity contribution in [3.05, 3.63) is 254 Å². The number of benzene rings is 11. The molecule has 0 atom stereocenters. The molecule has 0 amide bonds. The van der Waals surface area contributed by atoms with Crippen molar-refractivity contribution in [2.75, 3.05) is 4.90 Å². The number of fused-ring (bicyclic) bond motifs is 9. The zero-order chi connectivity index (χ0) is 44.6. The topological polar surface area (TPSA) is 8.17 Å². The maximum absolute atomic E-state index is 2.40. The van der Waals surface area contributed by atoms with Gasteiger partial charge in [-0.2, -0.15) is 0 Å². The Kier molecular flexibility index (Phi) is 8.91. The molecule has 1 aromatic heterocycles. The summed E-state index contributed by atoms with van der Waals surface area (Å²) in [5.41, 5.74) is 19.5. The first-order chi connectivity index (χ1) is 33.0. The molecule has 0 fully saturated rings. The van der Waals surface area contributed by atoms with Gasteiger partial charge in [0.25, 0.3) is 0 Å². The lowest BCUT2D eigenvalue weighted by molar-refractivity contribution is 0.660. The first kappa shape index (κ1) is 39.0. The molecule has 0 unspecified atom stereocenters. The second kappa shape index (κ2) is 15.3. The lowest BCUT2D eigenvalue weighted by Gasteiger charge is -2.26. The van der Waals surface area contributed by atoms with Crippen LogP contribution < -0.4 is 4.90 Å². The van der Waals surface area contributed by atoms with E-state index < -0.39 is 0 Å². The van der Waals surface area contributed by atoms with Crippen LogP contribution in [0.4, 0.5) is 17.1 Å². The van der Waals surface area contributed by atoms with Crippen LogP contribution in [0.2, 0.25) is 0 Å². The van der Waals surface area contributed by atoms with Gasteiger partial charge in [0.05, 0.1) is 11.0 Å². The molecule has 1 aliphatic rings. The van der Waals surface area contributed by atoms with E-state index in [0.29, 0.717) is 0 Å². The van der Waals surface area contributed by atoms with E-state index in [4.69, 9.17) is 0 Å². The second-order valence-electron chi connectivity index (χ2n) is 18.5. The van der Waals surface area contributed by atoms with Gasteiger partial charge in [-0.05, 0) is 144 Å². The maximum atomic E-state index is 2.40. The van der Waals surface area contributed by atoms with Crippen LogP contribution in [0.15, 0.2) is 243 Å². The van der Waals surface area contributed by atoms with Gasteiger partial charge in [-0.3, -0.25) is 0 Å². The Bertz CT molecular complexity index is 3870. The summed E-state index contributed by atoms with van der Waals surface area (Å²) in [4.78, 5) is 2.40. The molecule has 0 radical (unpaired) electrons. The molecule has 67 heavy (non-hydrogen) atoms. The Morgan fingerprint density at radius 3 is 1.73 bits per heavy atom. The van der Waals surface area contributed by atoms with E-state index in [1.54, 1.807) is 0 Å². The zero-order valence-electron chi connectivity index (χ0n) is 37.5. The lowest BCUT2D eigenvalue weighted by atomic mass is 9.82. The van der Waals surface area contributed by atoms with E-state index in [1.807, 2.05) is 0 Å². The average molecular weight is 855 g/mol. The standard InChI is InChI=1S/C65H46N2/c1-65(2)61-24-10-8-20-57(61)60-41-47(32-39-62(60)65)43-26-33-50(34-27-43)66(51-35-28-45(29-36-51)54-22-13-23-55-53-19-7-6-14-44(53)30-37-56(54)55)52-18-12-15-46(40-52)48-31-38-59-58-21-9-11-25-63(58)67(64(59)42-48)49-16-4-3-5-17-49/h3-42H,1-2H3. The first-order valence-electron chi connectivity index (χ1n) is 23.3. The number of nitrogens with zero attached hydrogens (tertiary/aromatic N) is 2. The molecule has 1 heterocycles. The predicted molar refractivity (Wildman–Crippen MR) is 284 cm³/mol. The van der Waals surface area contributed by atoms with Crippen molar-refractivity contribution in [3.63, 3.8) is 0 Å². The predicted octanol–water partition coefficient (Wildman–Crippen LogP) is 17.9. The highest BCUT2D eigenvalue weighted by molar-refractivity contribution is 6.12. The molecule has 0 bridgehead atoms. The van der Waals surface area contributed by atoms with Crippen LogP contribution in [-0.2, 0) is 5.41 Å². The van der Waals surface area contributed by atoms with Crippen molar-refractivity contribution in [1.82, 2.24) is 4.57 Å². The van der Waals surface area contributed by atoms with Crippen LogP contribution in [0.25, 0.3) is 93.5 Å². The molecule has 1 aliphatic carbocycles. The normalized spacial score (nSPS) is 12.7. The first-order valence-corrected chi connectivity index (χ1v) is 23.3. The number of hydrogen-bond donors (Lipinski definition) is 0. The third kappa shape index (κ3) is 6.32.